The van der Waals surface area contributed by atoms with E-state index in [4.69, 9.17) is 14.3 Å². The minimum Gasteiger partial charge on any atom is -0.492 e. The Hall–Kier alpha value is -5.63. The van der Waals surface area contributed by atoms with Crippen molar-refractivity contribution in [1.29, 1.82) is 0 Å². The maximum absolute atomic E-state index is 12.5. The molecule has 0 fully saturated rings. The number of fused-ring (bicyclic) bond motifs is 3. The van der Waals surface area contributed by atoms with Crippen LogP contribution in [0.3, 0.4) is 0 Å². The molecular formula is C45H50N3O9S+. The van der Waals surface area contributed by atoms with E-state index in [9.17, 15) is 28.0 Å². The second kappa shape index (κ2) is 15.6. The first-order valence-corrected chi connectivity index (χ1v) is 20.8. The molecule has 12 nitrogen and oxygen atoms in total. The minimum atomic E-state index is -4.47. The van der Waals surface area contributed by atoms with Crippen molar-refractivity contribution in [1.82, 2.24) is 4.73 Å². The highest BCUT2D eigenvalue weighted by molar-refractivity contribution is 7.85. The van der Waals surface area contributed by atoms with E-state index in [1.807, 2.05) is 44.2 Å². The molecule has 3 aromatic carbocycles. The standard InChI is InChI=1S/C45H49N3O9S/c1-29-28-44(2,3)47(21-22-55-6)37-27-39-34(26-33(29)37)31(23-38(56-39)30-13-9-7-10-14-30)24-40-45(4,5)35-25-32(58(52,53)54)16-17-36(35)46(40)20-12-8-11-15-43(51)57-48-41(49)18-19-42(48)50/h7,9-10,13-14,16-19,23-28H,8,11-12,15,20-22H2,1-6H3,(H2-,49,50,52,53,54)/p+1. The summed E-state index contributed by atoms with van der Waals surface area (Å²) in [6.45, 7) is 12.4. The molecule has 0 bridgehead atoms. The van der Waals surface area contributed by atoms with Crippen molar-refractivity contribution in [3.63, 3.8) is 0 Å². The summed E-state index contributed by atoms with van der Waals surface area (Å²) in [4.78, 5) is 19.8. The summed E-state index contributed by atoms with van der Waals surface area (Å²) in [6, 6.07) is 21.4. The van der Waals surface area contributed by atoms with Crippen LogP contribution in [-0.4, -0.2) is 76.5 Å². The van der Waals surface area contributed by atoms with Gasteiger partial charge in [-0.25, -0.2) is 4.79 Å². The third kappa shape index (κ3) is 7.81. The highest BCUT2D eigenvalue weighted by Gasteiger charge is 2.45. The summed E-state index contributed by atoms with van der Waals surface area (Å²) in [6.07, 6.45) is 8.38. The van der Waals surface area contributed by atoms with E-state index < -0.39 is 21.5 Å². The number of hydrogen-bond acceptors (Lipinski definition) is 9. The Balaban J connectivity index is 1.30. The summed E-state index contributed by atoms with van der Waals surface area (Å²) in [5, 5.41) is 19.7. The normalized spacial score (nSPS) is 17.3. The number of carbonyl (C=O) groups is 1. The van der Waals surface area contributed by atoms with Gasteiger partial charge in [-0.05, 0) is 82.9 Å². The molecule has 0 radical (unpaired) electrons. The lowest BCUT2D eigenvalue weighted by molar-refractivity contribution is -0.438. The number of allylic oxidation sites excluding steroid dienone is 4. The third-order valence-corrected chi connectivity index (χ3v) is 12.0. The number of unbranched alkanes of at least 4 members (excludes halogenated alkanes) is 2. The topological polar surface area (TPSA) is 151 Å². The van der Waals surface area contributed by atoms with Crippen molar-refractivity contribution in [2.45, 2.75) is 76.2 Å². The van der Waals surface area contributed by atoms with Crippen molar-refractivity contribution >= 4 is 50.1 Å². The molecule has 3 N–H and O–H groups in total. The van der Waals surface area contributed by atoms with Gasteiger partial charge in [0.05, 0.1) is 22.5 Å². The SMILES string of the molecule is COCCN1c2cc3c(cc2C(C)=CC1(C)C)C(=CC1=[N+](CCCCCC(=O)On2c(O)ccc2O)c2ccc(S(=O)(=O)O)cc2C1(C)C)C=C(c1ccccc1)O3. The van der Waals surface area contributed by atoms with E-state index >= 15 is 0 Å². The molecule has 0 saturated heterocycles. The summed E-state index contributed by atoms with van der Waals surface area (Å²) in [5.74, 6) is 0.0382. The molecule has 3 aliphatic rings. The van der Waals surface area contributed by atoms with Crippen LogP contribution in [0.5, 0.6) is 17.5 Å². The van der Waals surface area contributed by atoms with Gasteiger partial charge in [-0.2, -0.15) is 13.0 Å². The molecule has 13 heteroatoms. The molecule has 3 aliphatic heterocycles. The molecule has 0 aliphatic carbocycles. The maximum Gasteiger partial charge on any atom is 0.333 e. The van der Waals surface area contributed by atoms with Crippen LogP contribution in [0.15, 0.2) is 95.9 Å². The summed E-state index contributed by atoms with van der Waals surface area (Å²) >= 11 is 0. The second-order valence-corrected chi connectivity index (χ2v) is 17.4. The number of rotatable bonds is 13. The lowest BCUT2D eigenvalue weighted by atomic mass is 9.80. The Morgan fingerprint density at radius 3 is 2.34 bits per heavy atom. The first-order valence-electron chi connectivity index (χ1n) is 19.4. The van der Waals surface area contributed by atoms with E-state index in [2.05, 4.69) is 60.6 Å². The van der Waals surface area contributed by atoms with Gasteiger partial charge in [-0.15, -0.1) is 4.73 Å². The van der Waals surface area contributed by atoms with Crippen molar-refractivity contribution in [2.24, 2.45) is 0 Å². The number of aromatic hydroxyl groups is 2. The van der Waals surface area contributed by atoms with Crippen molar-refractivity contribution in [2.75, 3.05) is 31.7 Å². The molecule has 0 atom stereocenters. The van der Waals surface area contributed by atoms with Crippen LogP contribution in [0, 0.1) is 0 Å². The molecule has 0 spiro atoms. The third-order valence-electron chi connectivity index (χ3n) is 11.2. The number of hydrogen-bond donors (Lipinski definition) is 3. The Morgan fingerprint density at radius 1 is 0.931 bits per heavy atom. The molecular weight excluding hydrogens is 759 g/mol. The Labute approximate surface area is 339 Å². The van der Waals surface area contributed by atoms with Gasteiger partial charge in [-0.1, -0.05) is 36.4 Å². The van der Waals surface area contributed by atoms with Crippen molar-refractivity contribution in [3.05, 3.63) is 113 Å². The molecule has 7 rings (SSSR count). The van der Waals surface area contributed by atoms with Gasteiger partial charge in [0.1, 0.15) is 18.1 Å². The molecule has 58 heavy (non-hydrogen) atoms. The first kappa shape index (κ1) is 40.6. The van der Waals surface area contributed by atoms with Gasteiger partial charge < -0.3 is 29.4 Å². The van der Waals surface area contributed by atoms with Gasteiger partial charge in [0, 0.05) is 84.8 Å². The summed E-state index contributed by atoms with van der Waals surface area (Å²) in [5.41, 5.74) is 7.58. The fourth-order valence-electron chi connectivity index (χ4n) is 8.26. The molecule has 0 saturated carbocycles. The highest BCUT2D eigenvalue weighted by atomic mass is 32.2. The number of carbonyl (C=O) groups excluding carboxylic acids is 1. The van der Waals surface area contributed by atoms with Gasteiger partial charge in [0.15, 0.2) is 5.71 Å². The van der Waals surface area contributed by atoms with Gasteiger partial charge >= 0.3 is 5.97 Å². The predicted molar refractivity (Wildman–Crippen MR) is 223 cm³/mol. The average Bonchev–Trinajstić information content (AvgIpc) is 3.59. The van der Waals surface area contributed by atoms with Crippen molar-refractivity contribution in [3.8, 4) is 17.5 Å². The monoisotopic (exact) mass is 808 g/mol. The van der Waals surface area contributed by atoms with Gasteiger partial charge in [0.25, 0.3) is 10.1 Å². The van der Waals surface area contributed by atoms with Crippen LogP contribution in [0.25, 0.3) is 16.9 Å². The number of nitrogens with zero attached hydrogens (tertiary/aromatic N) is 3. The van der Waals surface area contributed by atoms with Gasteiger partial charge in [0.2, 0.25) is 17.4 Å². The number of ether oxygens (including phenoxy) is 2. The van der Waals surface area contributed by atoms with Gasteiger partial charge in [-0.3, -0.25) is 4.55 Å². The number of anilines is 1. The summed E-state index contributed by atoms with van der Waals surface area (Å²) in [7, 11) is -2.76. The van der Waals surface area contributed by atoms with E-state index in [1.54, 1.807) is 19.2 Å². The fraction of sp³-hybridized carbons (Fsp3) is 0.333. The highest BCUT2D eigenvalue weighted by Crippen LogP contribution is 2.48. The largest absolute Gasteiger partial charge is 0.492 e. The molecule has 1 aromatic heterocycles. The number of methoxy groups -OCH3 is 1. The zero-order chi connectivity index (χ0) is 41.6. The number of benzene rings is 3. The zero-order valence-corrected chi connectivity index (χ0v) is 34.5. The van der Waals surface area contributed by atoms with Crippen molar-refractivity contribution < 1.29 is 46.9 Å². The maximum atomic E-state index is 12.5. The zero-order valence-electron chi connectivity index (χ0n) is 33.7. The molecule has 4 aromatic rings. The van der Waals surface area contributed by atoms with E-state index in [0.29, 0.717) is 55.2 Å². The molecule has 0 amide bonds. The quantitative estimate of drug-likeness (QED) is 0.0691. The van der Waals surface area contributed by atoms with E-state index in [0.717, 1.165) is 50.5 Å². The van der Waals surface area contributed by atoms with Crippen LogP contribution in [-0.2, 0) is 25.1 Å². The fourth-order valence-corrected chi connectivity index (χ4v) is 8.77. The van der Waals surface area contributed by atoms with Crippen LogP contribution in [0.2, 0.25) is 0 Å². The van der Waals surface area contributed by atoms with Crippen LogP contribution >= 0.6 is 0 Å². The molecule has 4 heterocycles. The smallest absolute Gasteiger partial charge is 0.333 e. The number of aromatic nitrogens is 1. The van der Waals surface area contributed by atoms with E-state index in [-0.39, 0.29) is 28.6 Å². The predicted octanol–water partition coefficient (Wildman–Crippen LogP) is 7.90. The van der Waals surface area contributed by atoms with Crippen LogP contribution in [0.4, 0.5) is 11.4 Å². The first-order chi connectivity index (χ1) is 27.5. The lowest BCUT2D eigenvalue weighted by Crippen LogP contribution is -2.46. The Kier molecular flexibility index (Phi) is 10.9. The van der Waals surface area contributed by atoms with Crippen LogP contribution < -0.4 is 14.5 Å². The average molecular weight is 809 g/mol. The Bertz CT molecular complexity index is 2490. The minimum absolute atomic E-state index is 0.0690. The Morgan fingerprint density at radius 2 is 1.66 bits per heavy atom. The second-order valence-electron chi connectivity index (χ2n) is 16.0. The van der Waals surface area contributed by atoms with E-state index in [1.165, 1.54) is 18.2 Å². The van der Waals surface area contributed by atoms with Crippen LogP contribution in [0.1, 0.15) is 82.6 Å². The molecule has 304 valence electrons. The molecule has 0 unspecified atom stereocenters. The summed E-state index contributed by atoms with van der Waals surface area (Å²) < 4.78 is 49.9. The lowest BCUT2D eigenvalue weighted by Gasteiger charge is -2.43.